The number of hydrogen-bond donors (Lipinski definition) is 0. The highest BCUT2D eigenvalue weighted by Crippen LogP contribution is 2.24. The van der Waals surface area contributed by atoms with Gasteiger partial charge in [-0.3, -0.25) is 0 Å². The van der Waals surface area contributed by atoms with Crippen LogP contribution in [0.15, 0.2) is 55.1 Å². The van der Waals surface area contributed by atoms with E-state index >= 15 is 0 Å². The molecule has 2 rings (SSSR count). The maximum atomic E-state index is 13.5. The quantitative estimate of drug-likeness (QED) is 0.473. The Kier molecular flexibility index (Phi) is 3.76. The zero-order valence-electron chi connectivity index (χ0n) is 10.5. The van der Waals surface area contributed by atoms with E-state index in [0.717, 1.165) is 17.2 Å². The first-order valence-electron chi connectivity index (χ1n) is 5.81. The van der Waals surface area contributed by atoms with E-state index in [-0.39, 0.29) is 5.82 Å². The molecule has 0 aliphatic carbocycles. The Balaban J connectivity index is 2.24. The van der Waals surface area contributed by atoms with E-state index < -0.39 is 5.97 Å². The summed E-state index contributed by atoms with van der Waals surface area (Å²) in [7, 11) is 0. The molecule has 0 atom stereocenters. The average Bonchev–Trinajstić information content (AvgIpc) is 2.42. The molecule has 0 aliphatic heterocycles. The second-order valence-electron chi connectivity index (χ2n) is 4.11. The molecule has 0 N–H and O–H groups in total. The third kappa shape index (κ3) is 3.07. The van der Waals surface area contributed by atoms with Gasteiger partial charge in [-0.15, -0.1) is 0 Å². The lowest BCUT2D eigenvalue weighted by Gasteiger charge is -2.05. The lowest BCUT2D eigenvalue weighted by molar-refractivity contribution is -0.128. The summed E-state index contributed by atoms with van der Waals surface area (Å²) in [5.74, 6) is -0.310. The molecule has 0 aromatic heterocycles. The first-order valence-corrected chi connectivity index (χ1v) is 5.81. The first-order chi connectivity index (χ1) is 9.10. The van der Waals surface area contributed by atoms with Crippen LogP contribution in [0.1, 0.15) is 5.56 Å². The fourth-order valence-electron chi connectivity index (χ4n) is 1.65. The van der Waals surface area contributed by atoms with Crippen LogP contribution >= 0.6 is 0 Å². The van der Waals surface area contributed by atoms with E-state index in [9.17, 15) is 9.18 Å². The molecule has 0 radical (unpaired) electrons. The van der Waals surface area contributed by atoms with Gasteiger partial charge in [-0.25, -0.2) is 9.18 Å². The van der Waals surface area contributed by atoms with Crippen molar-refractivity contribution in [3.05, 3.63) is 66.5 Å². The van der Waals surface area contributed by atoms with E-state index in [1.165, 1.54) is 6.07 Å². The van der Waals surface area contributed by atoms with Crippen LogP contribution in [0.5, 0.6) is 5.75 Å². The normalized spacial score (nSPS) is 10.0. The van der Waals surface area contributed by atoms with Crippen molar-refractivity contribution in [3.8, 4) is 16.9 Å². The molecule has 0 aliphatic rings. The molecular weight excluding hydrogens is 243 g/mol. The first kappa shape index (κ1) is 13.0. The molecule has 0 saturated heterocycles. The summed E-state index contributed by atoms with van der Waals surface area (Å²) in [5.41, 5.74) is 2.25. The molecule has 0 heterocycles. The number of aryl methyl sites for hydroxylation is 1. The number of ether oxygens (including phenoxy) is 1. The van der Waals surface area contributed by atoms with E-state index in [1.54, 1.807) is 37.3 Å². The fraction of sp³-hybridized carbons (Fsp3) is 0.0625. The van der Waals surface area contributed by atoms with Crippen LogP contribution in [0, 0.1) is 12.7 Å². The highest BCUT2D eigenvalue weighted by Gasteiger charge is 2.04. The number of hydrogen-bond acceptors (Lipinski definition) is 2. The summed E-state index contributed by atoms with van der Waals surface area (Å²) in [5, 5.41) is 0. The Morgan fingerprint density at radius 2 is 1.79 bits per heavy atom. The maximum absolute atomic E-state index is 13.5. The van der Waals surface area contributed by atoms with Crippen LogP contribution in [0.3, 0.4) is 0 Å². The van der Waals surface area contributed by atoms with E-state index in [1.807, 2.05) is 6.07 Å². The molecule has 19 heavy (non-hydrogen) atoms. The molecule has 0 fully saturated rings. The molecule has 0 amide bonds. The molecule has 2 aromatic carbocycles. The summed E-state index contributed by atoms with van der Waals surface area (Å²) in [6.07, 6.45) is 1.10. The number of carbonyl (C=O) groups is 1. The lowest BCUT2D eigenvalue weighted by atomic mass is 10.0. The van der Waals surface area contributed by atoms with Gasteiger partial charge in [0.25, 0.3) is 0 Å². The zero-order valence-corrected chi connectivity index (χ0v) is 10.5. The van der Waals surface area contributed by atoms with Crippen molar-refractivity contribution in [2.45, 2.75) is 6.92 Å². The molecular formula is C16H13FO2. The molecule has 2 aromatic rings. The van der Waals surface area contributed by atoms with Gasteiger partial charge in [0.1, 0.15) is 11.6 Å². The summed E-state index contributed by atoms with van der Waals surface area (Å²) < 4.78 is 18.4. The van der Waals surface area contributed by atoms with E-state index in [2.05, 4.69) is 6.58 Å². The van der Waals surface area contributed by atoms with Gasteiger partial charge in [0, 0.05) is 6.08 Å². The van der Waals surface area contributed by atoms with Crippen molar-refractivity contribution in [3.63, 3.8) is 0 Å². The topological polar surface area (TPSA) is 26.3 Å². The fourth-order valence-corrected chi connectivity index (χ4v) is 1.65. The van der Waals surface area contributed by atoms with Crippen LogP contribution < -0.4 is 4.74 Å². The minimum atomic E-state index is -0.505. The van der Waals surface area contributed by atoms with Crippen molar-refractivity contribution in [2.75, 3.05) is 0 Å². The predicted octanol–water partition coefficient (Wildman–Crippen LogP) is 3.89. The van der Waals surface area contributed by atoms with Gasteiger partial charge in [-0.05, 0) is 41.8 Å². The number of benzene rings is 2. The number of rotatable bonds is 3. The summed E-state index contributed by atoms with van der Waals surface area (Å²) in [6.45, 7) is 5.04. The standard InChI is InChI=1S/C16H13FO2/c1-3-16(18)19-14-8-6-12(7-9-14)13-5-4-11(2)15(17)10-13/h3-10H,1H2,2H3. The number of halogens is 1. The van der Waals surface area contributed by atoms with E-state index in [4.69, 9.17) is 4.74 Å². The third-order valence-corrected chi connectivity index (χ3v) is 2.74. The highest BCUT2D eigenvalue weighted by molar-refractivity contribution is 5.83. The molecule has 96 valence electrons. The Labute approximate surface area is 111 Å². The van der Waals surface area contributed by atoms with Gasteiger partial charge in [0.2, 0.25) is 0 Å². The van der Waals surface area contributed by atoms with Gasteiger partial charge in [-0.2, -0.15) is 0 Å². The highest BCUT2D eigenvalue weighted by atomic mass is 19.1. The van der Waals surface area contributed by atoms with Gasteiger partial charge >= 0.3 is 5.97 Å². The Morgan fingerprint density at radius 1 is 1.16 bits per heavy atom. The van der Waals surface area contributed by atoms with Gasteiger partial charge in [0.05, 0.1) is 0 Å². The molecule has 0 saturated carbocycles. The average molecular weight is 256 g/mol. The SMILES string of the molecule is C=CC(=O)Oc1ccc(-c2ccc(C)c(F)c2)cc1. The summed E-state index contributed by atoms with van der Waals surface area (Å²) in [6, 6.07) is 11.9. The molecule has 2 nitrogen and oxygen atoms in total. The minimum absolute atomic E-state index is 0.236. The van der Waals surface area contributed by atoms with Crippen LogP contribution in [0.2, 0.25) is 0 Å². The Hall–Kier alpha value is -2.42. The van der Waals surface area contributed by atoms with Crippen LogP contribution in [-0.4, -0.2) is 5.97 Å². The van der Waals surface area contributed by atoms with Gasteiger partial charge in [-0.1, -0.05) is 30.8 Å². The van der Waals surface area contributed by atoms with Crippen molar-refractivity contribution < 1.29 is 13.9 Å². The van der Waals surface area contributed by atoms with Crippen molar-refractivity contribution >= 4 is 5.97 Å². The zero-order chi connectivity index (χ0) is 13.8. The molecule has 0 unspecified atom stereocenters. The smallest absolute Gasteiger partial charge is 0.335 e. The van der Waals surface area contributed by atoms with Crippen LogP contribution in [0.25, 0.3) is 11.1 Å². The third-order valence-electron chi connectivity index (χ3n) is 2.74. The maximum Gasteiger partial charge on any atom is 0.335 e. The van der Waals surface area contributed by atoms with Crippen LogP contribution in [-0.2, 0) is 4.79 Å². The van der Waals surface area contributed by atoms with E-state index in [0.29, 0.717) is 11.3 Å². The number of carbonyl (C=O) groups excluding carboxylic acids is 1. The molecule has 0 spiro atoms. The van der Waals surface area contributed by atoms with Crippen molar-refractivity contribution in [2.24, 2.45) is 0 Å². The van der Waals surface area contributed by atoms with Crippen molar-refractivity contribution in [1.82, 2.24) is 0 Å². The van der Waals surface area contributed by atoms with Gasteiger partial charge < -0.3 is 4.74 Å². The van der Waals surface area contributed by atoms with Crippen LogP contribution in [0.4, 0.5) is 4.39 Å². The Bertz CT molecular complexity index is 615. The van der Waals surface area contributed by atoms with Gasteiger partial charge in [0.15, 0.2) is 0 Å². The summed E-state index contributed by atoms with van der Waals surface area (Å²) >= 11 is 0. The second kappa shape index (κ2) is 5.48. The number of esters is 1. The largest absolute Gasteiger partial charge is 0.423 e. The lowest BCUT2D eigenvalue weighted by Crippen LogP contribution is -2.02. The molecule has 0 bridgehead atoms. The minimum Gasteiger partial charge on any atom is -0.423 e. The molecule has 3 heteroatoms. The summed E-state index contributed by atoms with van der Waals surface area (Å²) in [4.78, 5) is 11.0. The Morgan fingerprint density at radius 3 is 2.37 bits per heavy atom. The second-order valence-corrected chi connectivity index (χ2v) is 4.11. The van der Waals surface area contributed by atoms with Crippen molar-refractivity contribution in [1.29, 1.82) is 0 Å². The predicted molar refractivity (Wildman–Crippen MR) is 72.4 cm³/mol. The monoisotopic (exact) mass is 256 g/mol.